The quantitative estimate of drug-likeness (QED) is 0.573. The Labute approximate surface area is 106 Å². The summed E-state index contributed by atoms with van der Waals surface area (Å²) in [5, 5.41) is 0. The van der Waals surface area contributed by atoms with Crippen molar-refractivity contribution >= 4 is 0 Å². The maximum atomic E-state index is 5.84. The topological polar surface area (TPSA) is 21.3 Å². The molecule has 2 aliphatic carbocycles. The van der Waals surface area contributed by atoms with Crippen molar-refractivity contribution in [2.75, 3.05) is 0 Å². The van der Waals surface area contributed by atoms with Gasteiger partial charge in [0.15, 0.2) is 0 Å². The highest BCUT2D eigenvalue weighted by molar-refractivity contribution is 4.73. The molecule has 1 N–H and O–H groups in total. The first-order valence-corrected chi connectivity index (χ1v) is 7.79. The van der Waals surface area contributed by atoms with Gasteiger partial charge in [0.2, 0.25) is 0 Å². The molecule has 0 aromatic rings. The smallest absolute Gasteiger partial charge is 0.0790 e. The molecule has 0 heterocycles. The van der Waals surface area contributed by atoms with Gasteiger partial charge >= 0.3 is 0 Å². The van der Waals surface area contributed by atoms with E-state index in [1.807, 2.05) is 0 Å². The lowest BCUT2D eigenvalue weighted by Gasteiger charge is -2.19. The molecule has 0 radical (unpaired) electrons. The normalized spacial score (nSPS) is 31.6. The van der Waals surface area contributed by atoms with Crippen LogP contribution in [0.25, 0.3) is 0 Å². The maximum Gasteiger partial charge on any atom is 0.0790 e. The molecule has 0 spiro atoms. The summed E-state index contributed by atoms with van der Waals surface area (Å²) in [6.07, 6.45) is 15.4. The molecule has 0 amide bonds. The van der Waals surface area contributed by atoms with Gasteiger partial charge in [-0.2, -0.15) is 5.48 Å². The summed E-state index contributed by atoms with van der Waals surface area (Å²) in [7, 11) is 0. The van der Waals surface area contributed by atoms with Crippen molar-refractivity contribution in [2.45, 2.75) is 89.7 Å². The molecule has 2 atom stereocenters. The van der Waals surface area contributed by atoms with E-state index < -0.39 is 0 Å². The van der Waals surface area contributed by atoms with E-state index in [4.69, 9.17) is 4.84 Å². The van der Waals surface area contributed by atoms with Crippen LogP contribution in [0.5, 0.6) is 0 Å². The standard InChI is InChI=1S/C15H29NO/c1-2-6-13-7-5-8-14(12-11-13)16-17-15-9-3-4-10-15/h13-16H,2-12H2,1H3. The zero-order valence-electron chi connectivity index (χ0n) is 11.4. The summed E-state index contributed by atoms with van der Waals surface area (Å²) in [6, 6.07) is 0.623. The lowest BCUT2D eigenvalue weighted by molar-refractivity contribution is -0.0426. The van der Waals surface area contributed by atoms with Crippen molar-refractivity contribution in [3.8, 4) is 0 Å². The van der Waals surface area contributed by atoms with Crippen LogP contribution in [-0.4, -0.2) is 12.1 Å². The molecule has 0 bridgehead atoms. The number of hydrogen-bond donors (Lipinski definition) is 1. The number of nitrogens with one attached hydrogen (secondary N) is 1. The predicted molar refractivity (Wildman–Crippen MR) is 71.7 cm³/mol. The second-order valence-electron chi connectivity index (χ2n) is 6.00. The fourth-order valence-corrected chi connectivity index (χ4v) is 3.39. The maximum absolute atomic E-state index is 5.84. The molecule has 2 heteroatoms. The number of hydrogen-bond acceptors (Lipinski definition) is 2. The van der Waals surface area contributed by atoms with Gasteiger partial charge in [-0.25, -0.2) is 0 Å². The lowest BCUT2D eigenvalue weighted by atomic mass is 9.95. The van der Waals surface area contributed by atoms with Crippen LogP contribution in [0.15, 0.2) is 0 Å². The number of hydroxylamine groups is 1. The summed E-state index contributed by atoms with van der Waals surface area (Å²) in [5.74, 6) is 0.985. The van der Waals surface area contributed by atoms with Crippen molar-refractivity contribution in [1.82, 2.24) is 5.48 Å². The van der Waals surface area contributed by atoms with E-state index in [9.17, 15) is 0 Å². The van der Waals surface area contributed by atoms with Crippen LogP contribution in [0.4, 0.5) is 0 Å². The predicted octanol–water partition coefficient (Wildman–Crippen LogP) is 4.20. The molecule has 0 aromatic carbocycles. The van der Waals surface area contributed by atoms with E-state index >= 15 is 0 Å². The number of rotatable bonds is 5. The van der Waals surface area contributed by atoms with Crippen LogP contribution in [0.2, 0.25) is 0 Å². The molecule has 17 heavy (non-hydrogen) atoms. The zero-order chi connectivity index (χ0) is 11.9. The van der Waals surface area contributed by atoms with Crippen molar-refractivity contribution in [3.63, 3.8) is 0 Å². The lowest BCUT2D eigenvalue weighted by Crippen LogP contribution is -2.32. The minimum Gasteiger partial charge on any atom is -0.298 e. The fourth-order valence-electron chi connectivity index (χ4n) is 3.39. The third kappa shape index (κ3) is 4.59. The summed E-state index contributed by atoms with van der Waals surface area (Å²) in [4.78, 5) is 5.84. The van der Waals surface area contributed by atoms with E-state index in [1.165, 1.54) is 70.6 Å². The Morgan fingerprint density at radius 3 is 2.53 bits per heavy atom. The minimum atomic E-state index is 0.504. The van der Waals surface area contributed by atoms with Gasteiger partial charge in [-0.15, -0.1) is 0 Å². The Bertz CT molecular complexity index is 201. The van der Waals surface area contributed by atoms with E-state index in [-0.39, 0.29) is 0 Å². The Morgan fingerprint density at radius 1 is 0.941 bits per heavy atom. The largest absolute Gasteiger partial charge is 0.298 e. The molecule has 2 nitrogen and oxygen atoms in total. The molecule has 2 aliphatic rings. The first-order valence-electron chi connectivity index (χ1n) is 7.79. The van der Waals surface area contributed by atoms with Gasteiger partial charge < -0.3 is 0 Å². The summed E-state index contributed by atoms with van der Waals surface area (Å²) in [6.45, 7) is 2.31. The Kier molecular flexibility index (Phi) is 5.79. The van der Waals surface area contributed by atoms with E-state index in [2.05, 4.69) is 12.4 Å². The third-order valence-corrected chi connectivity index (χ3v) is 4.49. The Balaban J connectivity index is 1.63. The molecule has 100 valence electrons. The second kappa shape index (κ2) is 7.38. The molecule has 2 unspecified atom stereocenters. The molecule has 0 saturated heterocycles. The van der Waals surface area contributed by atoms with Gasteiger partial charge in [0.05, 0.1) is 6.10 Å². The molecule has 0 aromatic heterocycles. The highest BCUT2D eigenvalue weighted by atomic mass is 16.7. The van der Waals surface area contributed by atoms with Crippen LogP contribution in [0.3, 0.4) is 0 Å². The molecule has 2 fully saturated rings. The van der Waals surface area contributed by atoms with E-state index in [0.29, 0.717) is 12.1 Å². The average Bonchev–Trinajstić information content (AvgIpc) is 2.75. The van der Waals surface area contributed by atoms with Crippen molar-refractivity contribution in [1.29, 1.82) is 0 Å². The van der Waals surface area contributed by atoms with Crippen molar-refractivity contribution < 1.29 is 4.84 Å². The second-order valence-corrected chi connectivity index (χ2v) is 6.00. The van der Waals surface area contributed by atoms with Gasteiger partial charge in [0.25, 0.3) is 0 Å². The monoisotopic (exact) mass is 239 g/mol. The molecule has 2 saturated carbocycles. The van der Waals surface area contributed by atoms with Gasteiger partial charge in [-0.3, -0.25) is 4.84 Å². The van der Waals surface area contributed by atoms with Crippen LogP contribution < -0.4 is 5.48 Å². The highest BCUT2D eigenvalue weighted by Gasteiger charge is 2.21. The molecule has 0 aliphatic heterocycles. The van der Waals surface area contributed by atoms with E-state index in [0.717, 1.165) is 5.92 Å². The summed E-state index contributed by atoms with van der Waals surface area (Å²) >= 11 is 0. The van der Waals surface area contributed by atoms with Crippen LogP contribution in [0.1, 0.15) is 77.6 Å². The third-order valence-electron chi connectivity index (χ3n) is 4.49. The van der Waals surface area contributed by atoms with Crippen LogP contribution in [-0.2, 0) is 4.84 Å². The van der Waals surface area contributed by atoms with E-state index in [1.54, 1.807) is 0 Å². The van der Waals surface area contributed by atoms with Crippen molar-refractivity contribution in [2.24, 2.45) is 5.92 Å². The SMILES string of the molecule is CCCC1CCCC(NOC2CCCC2)CC1. The minimum absolute atomic E-state index is 0.504. The Morgan fingerprint density at radius 2 is 1.76 bits per heavy atom. The average molecular weight is 239 g/mol. The fraction of sp³-hybridized carbons (Fsp3) is 1.00. The van der Waals surface area contributed by atoms with Crippen LogP contribution >= 0.6 is 0 Å². The van der Waals surface area contributed by atoms with Gasteiger partial charge in [0.1, 0.15) is 0 Å². The van der Waals surface area contributed by atoms with Gasteiger partial charge in [-0.1, -0.05) is 45.4 Å². The van der Waals surface area contributed by atoms with Gasteiger partial charge in [0, 0.05) is 6.04 Å². The first-order chi connectivity index (χ1) is 8.38. The molecular weight excluding hydrogens is 210 g/mol. The highest BCUT2D eigenvalue weighted by Crippen LogP contribution is 2.27. The first kappa shape index (κ1) is 13.4. The Hall–Kier alpha value is -0.0800. The molecular formula is C15H29NO. The van der Waals surface area contributed by atoms with Crippen LogP contribution in [0, 0.1) is 5.92 Å². The van der Waals surface area contributed by atoms with Crippen molar-refractivity contribution in [3.05, 3.63) is 0 Å². The van der Waals surface area contributed by atoms with Gasteiger partial charge in [-0.05, 0) is 38.0 Å². The zero-order valence-corrected chi connectivity index (χ0v) is 11.4. The summed E-state index contributed by atoms with van der Waals surface area (Å²) in [5.41, 5.74) is 3.37. The molecule has 2 rings (SSSR count). The summed E-state index contributed by atoms with van der Waals surface area (Å²) < 4.78 is 0.